The third-order valence-electron chi connectivity index (χ3n) is 5.56. The van der Waals surface area contributed by atoms with Crippen molar-refractivity contribution < 1.29 is 0 Å². The first-order chi connectivity index (χ1) is 14.8. The first-order valence-electron chi connectivity index (χ1n) is 10.1. The van der Waals surface area contributed by atoms with Crippen molar-refractivity contribution in [2.75, 3.05) is 0 Å². The Morgan fingerprint density at radius 1 is 0.500 bits per heavy atom. The van der Waals surface area contributed by atoms with Crippen LogP contribution in [0.25, 0.3) is 0 Å². The summed E-state index contributed by atoms with van der Waals surface area (Å²) in [7, 11) is 0. The number of aromatic amines is 3. The zero-order valence-corrected chi connectivity index (χ0v) is 17.9. The summed E-state index contributed by atoms with van der Waals surface area (Å²) in [5, 5.41) is 0. The van der Waals surface area contributed by atoms with Crippen LogP contribution in [-0.4, -0.2) is 15.0 Å². The van der Waals surface area contributed by atoms with Crippen molar-refractivity contribution in [1.82, 2.24) is 15.0 Å². The molecule has 0 spiro atoms. The highest BCUT2D eigenvalue weighted by molar-refractivity contribution is 9.10. The number of aromatic nitrogens is 3. The van der Waals surface area contributed by atoms with E-state index in [0.717, 1.165) is 4.47 Å². The topological polar surface area (TPSA) is 47.4 Å². The highest BCUT2D eigenvalue weighted by Crippen LogP contribution is 2.35. The molecule has 0 saturated heterocycles. The first kappa shape index (κ1) is 18.8. The van der Waals surface area contributed by atoms with Gasteiger partial charge in [0, 0.05) is 39.6 Å². The number of nitrogens with one attached hydrogen (secondary N) is 3. The second-order valence-corrected chi connectivity index (χ2v) is 8.36. The largest absolute Gasteiger partial charge is 0.364 e. The van der Waals surface area contributed by atoms with Gasteiger partial charge in [0.2, 0.25) is 0 Å². The number of hydrogen-bond acceptors (Lipinski definition) is 0. The Hall–Kier alpha value is -3.24. The zero-order valence-electron chi connectivity index (χ0n) is 16.3. The van der Waals surface area contributed by atoms with Gasteiger partial charge in [-0.1, -0.05) is 58.4 Å². The Morgan fingerprint density at radius 2 is 1.03 bits per heavy atom. The molecular weight excluding hydrogens is 434 g/mol. The molecule has 148 valence electrons. The van der Waals surface area contributed by atoms with Crippen molar-refractivity contribution in [3.05, 3.63) is 142 Å². The third kappa shape index (κ3) is 3.66. The van der Waals surface area contributed by atoms with E-state index in [4.69, 9.17) is 0 Å². The molecule has 0 bridgehead atoms. The van der Waals surface area contributed by atoms with E-state index in [0.29, 0.717) is 0 Å². The fourth-order valence-corrected chi connectivity index (χ4v) is 4.43. The zero-order chi connectivity index (χ0) is 20.3. The number of benzene rings is 2. The van der Waals surface area contributed by atoms with Crippen LogP contribution in [0.15, 0.2) is 108 Å². The van der Waals surface area contributed by atoms with Crippen molar-refractivity contribution in [3.63, 3.8) is 0 Å². The number of hydrogen-bond donors (Lipinski definition) is 3. The molecule has 3 heterocycles. The van der Waals surface area contributed by atoms with Crippen LogP contribution in [0.3, 0.4) is 0 Å². The highest BCUT2D eigenvalue weighted by atomic mass is 79.9. The molecule has 2 unspecified atom stereocenters. The minimum Gasteiger partial charge on any atom is -0.364 e. The maximum atomic E-state index is 3.75. The summed E-state index contributed by atoms with van der Waals surface area (Å²) in [5.41, 5.74) is 7.18. The van der Waals surface area contributed by atoms with Gasteiger partial charge in [-0.2, -0.15) is 0 Å². The molecule has 3 N–H and O–H groups in total. The summed E-state index contributed by atoms with van der Waals surface area (Å²) >= 11 is 3.55. The van der Waals surface area contributed by atoms with Gasteiger partial charge in [-0.3, -0.25) is 0 Å². The van der Waals surface area contributed by atoms with Gasteiger partial charge in [0.15, 0.2) is 0 Å². The second kappa shape index (κ2) is 8.25. The smallest absolute Gasteiger partial charge is 0.0641 e. The quantitative estimate of drug-likeness (QED) is 0.252. The lowest BCUT2D eigenvalue weighted by Gasteiger charge is -2.18. The molecule has 0 aliphatic rings. The number of H-pyrrole nitrogens is 3. The Morgan fingerprint density at radius 3 is 1.53 bits per heavy atom. The molecule has 3 aromatic heterocycles. The SMILES string of the molecule is Brc1ccc(C(c2ccc[nH]2)c2ccc(C(c3ccccc3)c3ccc[nH]3)[nH]2)cc1. The normalized spacial score (nSPS) is 13.2. The minimum atomic E-state index is 0.113. The highest BCUT2D eigenvalue weighted by Gasteiger charge is 2.23. The molecule has 5 rings (SSSR count). The molecule has 2 aromatic carbocycles. The van der Waals surface area contributed by atoms with E-state index in [2.05, 4.69) is 122 Å². The fourth-order valence-electron chi connectivity index (χ4n) is 4.17. The Kier molecular flexibility index (Phi) is 5.16. The molecule has 3 nitrogen and oxygen atoms in total. The standard InChI is InChI=1S/C26H22BrN3/c27-20-12-10-19(11-13-20)26(22-9-5-17-29-22)24-15-14-23(30-24)25(21-8-4-16-28-21)18-6-2-1-3-7-18/h1-17,25-26,28-30H. The summed E-state index contributed by atoms with van der Waals surface area (Å²) in [6.07, 6.45) is 3.97. The molecule has 30 heavy (non-hydrogen) atoms. The maximum absolute atomic E-state index is 3.75. The van der Waals surface area contributed by atoms with Crippen molar-refractivity contribution in [1.29, 1.82) is 0 Å². The van der Waals surface area contributed by atoms with E-state index in [1.54, 1.807) is 0 Å². The lowest BCUT2D eigenvalue weighted by molar-refractivity contribution is 0.851. The molecule has 0 radical (unpaired) electrons. The van der Waals surface area contributed by atoms with Gasteiger partial charge in [-0.15, -0.1) is 0 Å². The summed E-state index contributed by atoms with van der Waals surface area (Å²) < 4.78 is 1.08. The third-order valence-corrected chi connectivity index (χ3v) is 6.08. The minimum absolute atomic E-state index is 0.113. The van der Waals surface area contributed by atoms with E-state index < -0.39 is 0 Å². The summed E-state index contributed by atoms with van der Waals surface area (Å²) in [6, 6.07) is 32.0. The average Bonchev–Trinajstić information content (AvgIpc) is 3.55. The molecular formula is C26H22BrN3. The molecule has 0 aliphatic carbocycles. The Bertz CT molecular complexity index is 1190. The van der Waals surface area contributed by atoms with Crippen molar-refractivity contribution >= 4 is 15.9 Å². The van der Waals surface area contributed by atoms with Crippen LogP contribution in [0, 0.1) is 0 Å². The number of rotatable bonds is 6. The van der Waals surface area contributed by atoms with Crippen LogP contribution in [0.5, 0.6) is 0 Å². The van der Waals surface area contributed by atoms with E-state index >= 15 is 0 Å². The molecule has 0 saturated carbocycles. The lowest BCUT2D eigenvalue weighted by Crippen LogP contribution is -2.07. The van der Waals surface area contributed by atoms with Crippen LogP contribution in [0.1, 0.15) is 45.7 Å². The van der Waals surface area contributed by atoms with Crippen molar-refractivity contribution in [2.24, 2.45) is 0 Å². The predicted octanol–water partition coefficient (Wildman–Crippen LogP) is 6.79. The maximum Gasteiger partial charge on any atom is 0.0641 e. The first-order valence-corrected chi connectivity index (χ1v) is 10.8. The summed E-state index contributed by atoms with van der Waals surface area (Å²) in [6.45, 7) is 0. The van der Waals surface area contributed by atoms with Gasteiger partial charge in [0.25, 0.3) is 0 Å². The van der Waals surface area contributed by atoms with E-state index in [-0.39, 0.29) is 11.8 Å². The predicted molar refractivity (Wildman–Crippen MR) is 125 cm³/mol. The Balaban J connectivity index is 1.59. The van der Waals surface area contributed by atoms with E-state index in [1.807, 2.05) is 12.4 Å². The molecule has 2 atom stereocenters. The van der Waals surface area contributed by atoms with E-state index in [9.17, 15) is 0 Å². The molecule has 0 fully saturated rings. The van der Waals surface area contributed by atoms with Crippen molar-refractivity contribution in [3.8, 4) is 0 Å². The average molecular weight is 456 g/mol. The Labute approximate surface area is 184 Å². The van der Waals surface area contributed by atoms with Crippen LogP contribution in [0.4, 0.5) is 0 Å². The summed E-state index contributed by atoms with van der Waals surface area (Å²) in [4.78, 5) is 10.6. The van der Waals surface area contributed by atoms with Crippen LogP contribution < -0.4 is 0 Å². The fraction of sp³-hybridized carbons (Fsp3) is 0.0769. The van der Waals surface area contributed by atoms with Gasteiger partial charge in [-0.25, -0.2) is 0 Å². The van der Waals surface area contributed by atoms with Gasteiger partial charge < -0.3 is 15.0 Å². The van der Waals surface area contributed by atoms with Gasteiger partial charge in [0.05, 0.1) is 11.8 Å². The monoisotopic (exact) mass is 455 g/mol. The van der Waals surface area contributed by atoms with Crippen LogP contribution in [0.2, 0.25) is 0 Å². The lowest BCUT2D eigenvalue weighted by atomic mass is 9.92. The van der Waals surface area contributed by atoms with Gasteiger partial charge in [-0.05, 0) is 59.7 Å². The van der Waals surface area contributed by atoms with Gasteiger partial charge in [0.1, 0.15) is 0 Å². The molecule has 0 amide bonds. The number of halogens is 1. The van der Waals surface area contributed by atoms with E-state index in [1.165, 1.54) is 33.9 Å². The van der Waals surface area contributed by atoms with Crippen molar-refractivity contribution in [2.45, 2.75) is 11.8 Å². The molecule has 5 aromatic rings. The molecule has 0 aliphatic heterocycles. The summed E-state index contributed by atoms with van der Waals surface area (Å²) in [5.74, 6) is 0.242. The van der Waals surface area contributed by atoms with Gasteiger partial charge >= 0.3 is 0 Å². The van der Waals surface area contributed by atoms with Crippen LogP contribution in [-0.2, 0) is 0 Å². The molecule has 4 heteroatoms. The van der Waals surface area contributed by atoms with Crippen LogP contribution >= 0.6 is 15.9 Å². The second-order valence-electron chi connectivity index (χ2n) is 7.45.